The Balaban J connectivity index is -0.000000375. The second-order valence-corrected chi connectivity index (χ2v) is 2.91. The number of carbonyl (C=O) groups excluding carboxylic acids is 1. The number of benzene rings is 1. The summed E-state index contributed by atoms with van der Waals surface area (Å²) in [7, 11) is 0. The number of hydrogen-bond donors (Lipinski definition) is 1. The van der Waals surface area contributed by atoms with Gasteiger partial charge in [-0.1, -0.05) is 60.6 Å². The molecule has 2 heteroatoms. The summed E-state index contributed by atoms with van der Waals surface area (Å²) < 4.78 is 0. The van der Waals surface area contributed by atoms with Gasteiger partial charge in [-0.05, 0) is 31.0 Å². The molecule has 0 fully saturated rings. The number of aryl methyl sites for hydroxylation is 1. The van der Waals surface area contributed by atoms with Crippen LogP contribution in [0.25, 0.3) is 0 Å². The third-order valence-electron chi connectivity index (χ3n) is 1.93. The normalized spacial score (nSPS) is 7.58. The van der Waals surface area contributed by atoms with Gasteiger partial charge in [0.1, 0.15) is 0 Å². The van der Waals surface area contributed by atoms with Crippen LogP contribution in [-0.4, -0.2) is 12.5 Å². The highest BCUT2D eigenvalue weighted by molar-refractivity contribution is 5.94. The van der Waals surface area contributed by atoms with Crippen LogP contribution in [0.5, 0.6) is 0 Å². The Morgan fingerprint density at radius 2 is 1.53 bits per heavy atom. The van der Waals surface area contributed by atoms with Gasteiger partial charge in [0, 0.05) is 12.1 Å². The summed E-state index contributed by atoms with van der Waals surface area (Å²) in [5.41, 5.74) is 1.95. The van der Waals surface area contributed by atoms with Gasteiger partial charge in [0.25, 0.3) is 5.91 Å². The van der Waals surface area contributed by atoms with Crippen molar-refractivity contribution in [3.05, 3.63) is 35.4 Å². The van der Waals surface area contributed by atoms with Gasteiger partial charge < -0.3 is 5.32 Å². The molecule has 1 N–H and O–H groups in total. The molecule has 0 bridgehead atoms. The van der Waals surface area contributed by atoms with E-state index in [0.717, 1.165) is 12.0 Å². The van der Waals surface area contributed by atoms with E-state index in [2.05, 4.69) is 12.2 Å². The molecular weight excluding hydrogens is 234 g/mol. The number of hydrogen-bond acceptors (Lipinski definition) is 1. The van der Waals surface area contributed by atoms with Crippen LogP contribution in [0.2, 0.25) is 0 Å². The summed E-state index contributed by atoms with van der Waals surface area (Å²) in [5.74, 6) is 0.0119. The van der Waals surface area contributed by atoms with Gasteiger partial charge >= 0.3 is 0 Å². The second-order valence-electron chi connectivity index (χ2n) is 2.91. The zero-order valence-electron chi connectivity index (χ0n) is 14.1. The SMILES string of the molecule is CC.CC.CC.CCNC(=O)c1cccc(CC)c1. The van der Waals surface area contributed by atoms with Crippen molar-refractivity contribution in [2.75, 3.05) is 6.54 Å². The molecule has 112 valence electrons. The Kier molecular flexibility index (Phi) is 22.9. The lowest BCUT2D eigenvalue weighted by Gasteiger charge is -2.03. The van der Waals surface area contributed by atoms with E-state index in [0.29, 0.717) is 6.54 Å². The smallest absolute Gasteiger partial charge is 0.251 e. The zero-order chi connectivity index (χ0) is 15.7. The summed E-state index contributed by atoms with van der Waals surface area (Å²) in [6.07, 6.45) is 0.966. The van der Waals surface area contributed by atoms with Gasteiger partial charge in [-0.2, -0.15) is 0 Å². The molecule has 0 heterocycles. The summed E-state index contributed by atoms with van der Waals surface area (Å²) in [6.45, 7) is 16.7. The van der Waals surface area contributed by atoms with E-state index in [1.807, 2.05) is 72.7 Å². The first-order valence-electron chi connectivity index (χ1n) is 7.65. The first-order chi connectivity index (χ1) is 9.27. The standard InChI is InChI=1S/C11H15NO.3C2H6/c1-3-9-6-5-7-10(8-9)11(13)12-4-2;3*1-2/h5-8H,3-4H2,1-2H3,(H,12,13);3*1-2H3. The van der Waals surface area contributed by atoms with E-state index < -0.39 is 0 Å². The van der Waals surface area contributed by atoms with Crippen LogP contribution in [0.1, 0.15) is 71.3 Å². The van der Waals surface area contributed by atoms with Crippen molar-refractivity contribution in [1.82, 2.24) is 5.32 Å². The van der Waals surface area contributed by atoms with Crippen molar-refractivity contribution < 1.29 is 4.79 Å². The summed E-state index contributed by atoms with van der Waals surface area (Å²) in [5, 5.41) is 2.77. The van der Waals surface area contributed by atoms with Gasteiger partial charge in [0.15, 0.2) is 0 Å². The Labute approximate surface area is 120 Å². The van der Waals surface area contributed by atoms with Crippen molar-refractivity contribution in [2.24, 2.45) is 0 Å². The number of amides is 1. The molecule has 0 atom stereocenters. The summed E-state index contributed by atoms with van der Waals surface area (Å²) >= 11 is 0. The highest BCUT2D eigenvalue weighted by atomic mass is 16.1. The molecular formula is C17H33NO. The van der Waals surface area contributed by atoms with E-state index in [-0.39, 0.29) is 5.91 Å². The molecule has 0 unspecified atom stereocenters. The Bertz CT molecular complexity index is 295. The van der Waals surface area contributed by atoms with Gasteiger partial charge in [-0.3, -0.25) is 4.79 Å². The number of carbonyl (C=O) groups is 1. The van der Waals surface area contributed by atoms with Gasteiger partial charge in [-0.25, -0.2) is 0 Å². The summed E-state index contributed by atoms with van der Waals surface area (Å²) in [4.78, 5) is 11.4. The zero-order valence-corrected chi connectivity index (χ0v) is 14.1. The van der Waals surface area contributed by atoms with E-state index in [1.165, 1.54) is 5.56 Å². The third-order valence-corrected chi connectivity index (χ3v) is 1.93. The maximum Gasteiger partial charge on any atom is 0.251 e. The molecule has 0 spiro atoms. The maximum absolute atomic E-state index is 11.4. The minimum absolute atomic E-state index is 0.0119. The molecule has 0 radical (unpaired) electrons. The fraction of sp³-hybridized carbons (Fsp3) is 0.588. The second kappa shape index (κ2) is 19.0. The van der Waals surface area contributed by atoms with Crippen molar-refractivity contribution >= 4 is 5.91 Å². The number of nitrogens with one attached hydrogen (secondary N) is 1. The van der Waals surface area contributed by atoms with Gasteiger partial charge in [-0.15, -0.1) is 0 Å². The van der Waals surface area contributed by atoms with Crippen molar-refractivity contribution in [3.8, 4) is 0 Å². The van der Waals surface area contributed by atoms with Crippen LogP contribution < -0.4 is 5.32 Å². The van der Waals surface area contributed by atoms with Crippen LogP contribution in [0, 0.1) is 0 Å². The number of rotatable bonds is 3. The predicted octanol–water partition coefficient (Wildman–Crippen LogP) is 5.08. The van der Waals surface area contributed by atoms with Crippen LogP contribution in [0.3, 0.4) is 0 Å². The molecule has 2 nitrogen and oxygen atoms in total. The minimum Gasteiger partial charge on any atom is -0.352 e. The van der Waals surface area contributed by atoms with Gasteiger partial charge in [0.2, 0.25) is 0 Å². The Hall–Kier alpha value is -1.31. The highest BCUT2D eigenvalue weighted by Gasteiger charge is 2.02. The minimum atomic E-state index is 0.0119. The van der Waals surface area contributed by atoms with Crippen LogP contribution in [0.4, 0.5) is 0 Å². The quantitative estimate of drug-likeness (QED) is 0.813. The average Bonchev–Trinajstić information content (AvgIpc) is 2.53. The monoisotopic (exact) mass is 267 g/mol. The van der Waals surface area contributed by atoms with Crippen LogP contribution in [0.15, 0.2) is 24.3 Å². The van der Waals surface area contributed by atoms with Crippen molar-refractivity contribution in [3.63, 3.8) is 0 Å². The van der Waals surface area contributed by atoms with Crippen LogP contribution in [-0.2, 0) is 6.42 Å². The predicted molar refractivity (Wildman–Crippen MR) is 87.9 cm³/mol. The van der Waals surface area contributed by atoms with Crippen molar-refractivity contribution in [2.45, 2.75) is 61.8 Å². The van der Waals surface area contributed by atoms with E-state index in [9.17, 15) is 4.79 Å². The molecule has 0 aliphatic heterocycles. The molecule has 19 heavy (non-hydrogen) atoms. The molecule has 1 aromatic rings. The lowest BCUT2D eigenvalue weighted by molar-refractivity contribution is 0.0955. The molecule has 1 rings (SSSR count). The largest absolute Gasteiger partial charge is 0.352 e. The third kappa shape index (κ3) is 11.5. The first-order valence-corrected chi connectivity index (χ1v) is 7.65. The molecule has 0 saturated carbocycles. The Morgan fingerprint density at radius 1 is 1.00 bits per heavy atom. The van der Waals surface area contributed by atoms with E-state index in [1.54, 1.807) is 0 Å². The van der Waals surface area contributed by atoms with E-state index in [4.69, 9.17) is 0 Å². The molecule has 1 aromatic carbocycles. The first kappa shape index (κ1) is 22.8. The van der Waals surface area contributed by atoms with E-state index >= 15 is 0 Å². The molecule has 0 aliphatic rings. The molecule has 1 amide bonds. The lowest BCUT2D eigenvalue weighted by atomic mass is 10.1. The maximum atomic E-state index is 11.4. The topological polar surface area (TPSA) is 29.1 Å². The average molecular weight is 267 g/mol. The fourth-order valence-electron chi connectivity index (χ4n) is 1.20. The fourth-order valence-corrected chi connectivity index (χ4v) is 1.20. The van der Waals surface area contributed by atoms with Crippen LogP contribution >= 0.6 is 0 Å². The molecule has 0 aromatic heterocycles. The lowest BCUT2D eigenvalue weighted by Crippen LogP contribution is -2.22. The molecule has 0 saturated heterocycles. The Morgan fingerprint density at radius 3 is 1.95 bits per heavy atom. The molecule has 0 aliphatic carbocycles. The summed E-state index contributed by atoms with van der Waals surface area (Å²) in [6, 6.07) is 7.72. The van der Waals surface area contributed by atoms with Gasteiger partial charge in [0.05, 0.1) is 0 Å². The highest BCUT2D eigenvalue weighted by Crippen LogP contribution is 2.05. The van der Waals surface area contributed by atoms with Crippen molar-refractivity contribution in [1.29, 1.82) is 0 Å².